The second-order valence-corrected chi connectivity index (χ2v) is 18.3. The quantitative estimate of drug-likeness (QED) is 0.153. The molecule has 69 heavy (non-hydrogen) atoms. The Kier molecular flexibility index (Phi) is 70.9. The van der Waals surface area contributed by atoms with Gasteiger partial charge in [0.05, 0.1) is 6.20 Å². The van der Waals surface area contributed by atoms with Crippen molar-refractivity contribution in [2.75, 3.05) is 0 Å². The van der Waals surface area contributed by atoms with Crippen LogP contribution in [0.5, 0.6) is 0 Å². The highest BCUT2D eigenvalue weighted by molar-refractivity contribution is 5.17. The predicted molar refractivity (Wildman–Crippen MR) is 294 cm³/mol. The van der Waals surface area contributed by atoms with Crippen LogP contribution in [0.2, 0.25) is 0 Å². The summed E-state index contributed by atoms with van der Waals surface area (Å²) in [6.45, 7) is 43.4. The summed E-state index contributed by atoms with van der Waals surface area (Å²) in [6.07, 6.45) is 27.0. The topological polar surface area (TPSA) is 168 Å². The van der Waals surface area contributed by atoms with Crippen molar-refractivity contribution in [3.63, 3.8) is 0 Å². The van der Waals surface area contributed by atoms with Gasteiger partial charge in [0.1, 0.15) is 31.6 Å². The van der Waals surface area contributed by atoms with Crippen molar-refractivity contribution in [3.05, 3.63) is 178 Å². The van der Waals surface area contributed by atoms with Crippen LogP contribution in [0.15, 0.2) is 173 Å². The second-order valence-electron chi connectivity index (χ2n) is 18.3. The van der Waals surface area contributed by atoms with Crippen LogP contribution in [0, 0.1) is 35.5 Å². The minimum absolute atomic E-state index is 0.659. The molecule has 0 unspecified atom stereocenters. The summed E-state index contributed by atoms with van der Waals surface area (Å²) in [4.78, 5) is 32.9. The van der Waals surface area contributed by atoms with Crippen LogP contribution < -0.4 is 0 Å². The third kappa shape index (κ3) is 126. The fourth-order valence-electron chi connectivity index (χ4n) is 2.32. The van der Waals surface area contributed by atoms with Gasteiger partial charge in [-0.2, -0.15) is 15.3 Å². The van der Waals surface area contributed by atoms with Crippen LogP contribution >= 0.6 is 0 Å². The Morgan fingerprint density at radius 3 is 0.609 bits per heavy atom. The number of benzene rings is 1. The number of hydrogen-bond donors (Lipinski definition) is 0. The van der Waals surface area contributed by atoms with E-state index < -0.39 is 0 Å². The first-order valence-corrected chi connectivity index (χ1v) is 23.8. The molecule has 7 rings (SSSR count). The molecule has 13 nitrogen and oxygen atoms in total. The minimum Gasteiger partial charge on any atom is -0.265 e. The zero-order chi connectivity index (χ0) is 53.6. The molecule has 0 radical (unpaired) electrons. The summed E-state index contributed by atoms with van der Waals surface area (Å²) < 4.78 is 0. The van der Waals surface area contributed by atoms with Gasteiger partial charge in [0.15, 0.2) is 0 Å². The van der Waals surface area contributed by atoms with Crippen LogP contribution in [-0.2, 0) is 0 Å². The van der Waals surface area contributed by atoms with Gasteiger partial charge in [0.2, 0.25) is 0 Å². The lowest BCUT2D eigenvalue weighted by atomic mass is 10.0. The fraction of sp³-hybridized carbons (Fsp3) is 0.482. The maximum absolute atomic E-state index is 3.78. The number of nitrogens with zero attached hydrogens (tertiary/aromatic N) is 13. The van der Waals surface area contributed by atoms with E-state index in [2.05, 4.69) is 228 Å². The number of pyridine rings is 1. The fourth-order valence-corrected chi connectivity index (χ4v) is 2.32. The van der Waals surface area contributed by atoms with Gasteiger partial charge in [0.25, 0.3) is 0 Å². The van der Waals surface area contributed by atoms with E-state index in [0.717, 1.165) is 35.5 Å². The molecule has 0 bridgehead atoms. The van der Waals surface area contributed by atoms with Gasteiger partial charge in [-0.1, -0.05) is 175 Å². The Morgan fingerprint density at radius 2 is 0.478 bits per heavy atom. The van der Waals surface area contributed by atoms with E-state index in [1.54, 1.807) is 74.2 Å². The smallest absolute Gasteiger partial charge is 0.138 e. The molecular formula is C56H95N13. The van der Waals surface area contributed by atoms with Crippen molar-refractivity contribution >= 4 is 0 Å². The van der Waals surface area contributed by atoms with Gasteiger partial charge in [-0.25, -0.2) is 29.9 Å². The van der Waals surface area contributed by atoms with E-state index in [1.807, 2.05) is 36.4 Å². The van der Waals surface area contributed by atoms with E-state index in [4.69, 9.17) is 0 Å². The van der Waals surface area contributed by atoms with Crippen molar-refractivity contribution in [1.29, 1.82) is 0 Å². The van der Waals surface area contributed by atoms with Crippen molar-refractivity contribution in [1.82, 2.24) is 65.3 Å². The summed E-state index contributed by atoms with van der Waals surface area (Å²) in [5, 5.41) is 14.0. The molecule has 0 saturated heterocycles. The van der Waals surface area contributed by atoms with Gasteiger partial charge in [0, 0.05) is 68.2 Å². The molecule has 13 heteroatoms. The number of rotatable bonds is 1. The van der Waals surface area contributed by atoms with Gasteiger partial charge in [-0.05, 0) is 77.3 Å². The van der Waals surface area contributed by atoms with Crippen LogP contribution in [0.1, 0.15) is 150 Å². The molecule has 0 aliphatic heterocycles. The Balaban J connectivity index is -0.000000157. The first-order valence-electron chi connectivity index (χ1n) is 23.8. The lowest BCUT2D eigenvalue weighted by molar-refractivity contribution is 0.736. The van der Waals surface area contributed by atoms with Crippen molar-refractivity contribution < 1.29 is 0 Å². The first-order chi connectivity index (χ1) is 32.7. The average molecular weight is 950 g/mol. The zero-order valence-corrected chi connectivity index (χ0v) is 46.5. The molecule has 0 fully saturated rings. The largest absolute Gasteiger partial charge is 0.265 e. The Bertz CT molecular complexity index is 1280. The van der Waals surface area contributed by atoms with Crippen molar-refractivity contribution in [2.45, 2.75) is 144 Å². The minimum atomic E-state index is 0.659. The standard InChI is InChI=1S/C9H12.C5H5N.3C4H4N2.6C4H10.2C3H3N3/c1-8(2)9-6-4-3-5-7-9;1-2-4-6-5-3-1;1-2-6-4-3-5-1;1-2-5-4-6-3-1;1-2-4-6-5-3-1;6*1-4(2)3;1-4-2-6-3-5-1;1-2-5-6-3-4-1/h3-8H,1-2H3;1-5H;3*1-4H;6*4H,1-3H3;2*1-3H. The van der Waals surface area contributed by atoms with Crippen LogP contribution in [-0.4, -0.2) is 65.3 Å². The molecular weight excluding hydrogens is 855 g/mol. The molecule has 0 saturated carbocycles. The summed E-state index contributed by atoms with van der Waals surface area (Å²) in [6, 6.07) is 21.7. The van der Waals surface area contributed by atoms with Gasteiger partial charge >= 0.3 is 0 Å². The van der Waals surface area contributed by atoms with E-state index in [0.29, 0.717) is 5.92 Å². The highest BCUT2D eigenvalue weighted by atomic mass is 15.1. The second kappa shape index (κ2) is 65.9. The first kappa shape index (κ1) is 74.2. The molecule has 6 aromatic heterocycles. The third-order valence-electron chi connectivity index (χ3n) is 4.28. The average Bonchev–Trinajstić information content (AvgIpc) is 3.33. The van der Waals surface area contributed by atoms with E-state index in [-0.39, 0.29) is 0 Å². The van der Waals surface area contributed by atoms with E-state index in [1.165, 1.54) is 43.4 Å². The molecule has 6 heterocycles. The predicted octanol–water partition coefficient (Wildman–Crippen LogP) is 15.0. The molecule has 0 aliphatic rings. The Labute approximate surface area is 421 Å². The summed E-state index contributed by atoms with van der Waals surface area (Å²) in [7, 11) is 0. The molecule has 0 atom stereocenters. The molecule has 0 amide bonds. The Morgan fingerprint density at radius 1 is 0.217 bits per heavy atom. The van der Waals surface area contributed by atoms with Gasteiger partial charge in [-0.15, -0.1) is 5.10 Å². The molecule has 0 N–H and O–H groups in total. The van der Waals surface area contributed by atoms with Crippen molar-refractivity contribution in [3.8, 4) is 0 Å². The Hall–Kier alpha value is -6.37. The van der Waals surface area contributed by atoms with Crippen LogP contribution in [0.4, 0.5) is 0 Å². The molecule has 7 aromatic rings. The molecule has 0 aliphatic carbocycles. The number of hydrogen-bond acceptors (Lipinski definition) is 13. The third-order valence-corrected chi connectivity index (χ3v) is 4.28. The van der Waals surface area contributed by atoms with E-state index in [9.17, 15) is 0 Å². The van der Waals surface area contributed by atoms with Gasteiger partial charge < -0.3 is 0 Å². The summed E-state index contributed by atoms with van der Waals surface area (Å²) in [5.74, 6) is 5.66. The summed E-state index contributed by atoms with van der Waals surface area (Å²) in [5.41, 5.74) is 1.41. The zero-order valence-electron chi connectivity index (χ0n) is 46.5. The highest BCUT2D eigenvalue weighted by Crippen LogP contribution is 2.11. The SMILES string of the molecule is CC(C)C.CC(C)C.CC(C)C.CC(C)C.CC(C)C.CC(C)C.CC(C)c1ccccc1.c1ccncc1.c1ccnnc1.c1cnccn1.c1cncnc1.c1cnncn1.c1ncncn1. The van der Waals surface area contributed by atoms with E-state index >= 15 is 0 Å². The monoisotopic (exact) mass is 950 g/mol. The summed E-state index contributed by atoms with van der Waals surface area (Å²) >= 11 is 0. The maximum Gasteiger partial charge on any atom is 0.138 e. The lowest BCUT2D eigenvalue weighted by Gasteiger charge is -2.01. The molecule has 384 valence electrons. The van der Waals surface area contributed by atoms with Crippen LogP contribution in [0.3, 0.4) is 0 Å². The number of aromatic nitrogens is 13. The molecule has 1 aromatic carbocycles. The van der Waals surface area contributed by atoms with Gasteiger partial charge in [-0.3, -0.25) is 15.0 Å². The highest BCUT2D eigenvalue weighted by Gasteiger charge is 1.93. The van der Waals surface area contributed by atoms with Crippen molar-refractivity contribution in [2.24, 2.45) is 35.5 Å². The van der Waals surface area contributed by atoms with Crippen LogP contribution in [0.25, 0.3) is 0 Å². The maximum atomic E-state index is 3.78. The lowest BCUT2D eigenvalue weighted by Crippen LogP contribution is -1.83. The molecule has 0 spiro atoms. The normalized spacial score (nSPS) is 8.62.